The molecule has 0 spiro atoms. The topological polar surface area (TPSA) is 154 Å². The summed E-state index contributed by atoms with van der Waals surface area (Å²) in [5.41, 5.74) is -1.59. The number of amides is 1. The molecular formula is C19H23Cl2N3O8. The largest absolute Gasteiger partial charge is 0.463 e. The predicted octanol–water partition coefficient (Wildman–Crippen LogP) is 1.26. The molecule has 0 aliphatic carbocycles. The summed E-state index contributed by atoms with van der Waals surface area (Å²) in [7, 11) is 0. The van der Waals surface area contributed by atoms with Gasteiger partial charge in [0, 0.05) is 0 Å². The lowest BCUT2D eigenvalue weighted by molar-refractivity contribution is -0.176. The van der Waals surface area contributed by atoms with E-state index in [1.54, 1.807) is 20.8 Å². The number of halogens is 2. The first kappa shape index (κ1) is 25.6. The van der Waals surface area contributed by atoms with Gasteiger partial charge in [0.25, 0.3) is 11.5 Å². The van der Waals surface area contributed by atoms with Gasteiger partial charge in [-0.15, -0.1) is 0 Å². The highest BCUT2D eigenvalue weighted by atomic mass is 35.5. The molecule has 176 valence electrons. The molecule has 1 aliphatic heterocycles. The highest BCUT2D eigenvalue weighted by Gasteiger charge is 2.41. The van der Waals surface area contributed by atoms with Crippen molar-refractivity contribution >= 4 is 47.0 Å². The van der Waals surface area contributed by atoms with Gasteiger partial charge in [-0.3, -0.25) is 19.2 Å². The Morgan fingerprint density at radius 3 is 2.50 bits per heavy atom. The molecule has 0 saturated carbocycles. The normalized spacial score (nSPS) is 24.0. The van der Waals surface area contributed by atoms with Crippen LogP contribution in [-0.2, 0) is 28.6 Å². The van der Waals surface area contributed by atoms with E-state index in [1.165, 1.54) is 6.92 Å². The predicted molar refractivity (Wildman–Crippen MR) is 111 cm³/mol. The molecule has 1 aromatic heterocycles. The first-order valence-electron chi connectivity index (χ1n) is 9.80. The van der Waals surface area contributed by atoms with Gasteiger partial charge in [0.15, 0.2) is 23.0 Å². The van der Waals surface area contributed by atoms with Crippen LogP contribution in [0.3, 0.4) is 0 Å². The number of rotatable bonds is 5. The average molecular weight is 492 g/mol. The molecule has 1 aromatic rings. The number of hydrogen-bond donors (Lipinski definition) is 2. The minimum absolute atomic E-state index is 0.246. The zero-order valence-electron chi connectivity index (χ0n) is 17.8. The molecule has 2 rings (SSSR count). The number of esters is 3. The van der Waals surface area contributed by atoms with Crippen LogP contribution < -0.4 is 10.9 Å². The zero-order chi connectivity index (χ0) is 24.2. The smallest absolute Gasteiger partial charge is 0.332 e. The number of aromatic amines is 1. The Bertz CT molecular complexity index is 964. The van der Waals surface area contributed by atoms with Gasteiger partial charge >= 0.3 is 17.9 Å². The summed E-state index contributed by atoms with van der Waals surface area (Å²) >= 11 is 11.4. The molecule has 1 amide bonds. The number of hydrogen-bond acceptors (Lipinski definition) is 9. The van der Waals surface area contributed by atoms with Crippen molar-refractivity contribution in [1.82, 2.24) is 15.3 Å². The van der Waals surface area contributed by atoms with Crippen LogP contribution in [-0.4, -0.2) is 58.6 Å². The molecule has 1 saturated heterocycles. The third-order valence-corrected chi connectivity index (χ3v) is 5.30. The molecule has 2 N–H and O–H groups in total. The molecule has 11 nitrogen and oxygen atoms in total. The van der Waals surface area contributed by atoms with Gasteiger partial charge in [-0.1, -0.05) is 44.0 Å². The van der Waals surface area contributed by atoms with Crippen molar-refractivity contribution in [2.45, 2.75) is 52.4 Å². The van der Waals surface area contributed by atoms with E-state index in [0.29, 0.717) is 0 Å². The summed E-state index contributed by atoms with van der Waals surface area (Å²) in [4.78, 5) is 67.5. The monoisotopic (exact) mass is 491 g/mol. The van der Waals surface area contributed by atoms with Gasteiger partial charge in [-0.2, -0.15) is 0 Å². The molecule has 32 heavy (non-hydrogen) atoms. The van der Waals surface area contributed by atoms with E-state index in [9.17, 15) is 24.0 Å². The fraction of sp³-hybridized carbons (Fsp3) is 0.579. The number of aromatic nitrogens is 2. The Balaban J connectivity index is 2.27. The standard InChI is InChI=1S/C19H23Cl2N3O8/c1-5-9-12(32-17(27)7(2)3)8(4)31-19(29)10(6-30-18(9)28)22-15(25)11-16(26)24-14(21)13(20)23-11/h7-10,12H,5-6H2,1-4H3,(H,22,25)(H,24,26)/t8-,9+,10-,12-/m0/s1. The molecule has 13 heteroatoms. The summed E-state index contributed by atoms with van der Waals surface area (Å²) in [6.07, 6.45) is -1.86. The lowest BCUT2D eigenvalue weighted by Crippen LogP contribution is -2.47. The second-order valence-electron chi connectivity index (χ2n) is 7.39. The van der Waals surface area contributed by atoms with E-state index in [-0.39, 0.29) is 16.7 Å². The van der Waals surface area contributed by atoms with Crippen LogP contribution in [0.1, 0.15) is 44.6 Å². The molecule has 0 bridgehead atoms. The summed E-state index contributed by atoms with van der Waals surface area (Å²) < 4.78 is 15.9. The number of ether oxygens (including phenoxy) is 3. The van der Waals surface area contributed by atoms with E-state index < -0.39 is 71.8 Å². The molecule has 1 fully saturated rings. The van der Waals surface area contributed by atoms with Gasteiger partial charge in [-0.05, 0) is 13.3 Å². The van der Waals surface area contributed by atoms with Crippen LogP contribution in [0.2, 0.25) is 10.3 Å². The van der Waals surface area contributed by atoms with Crippen LogP contribution in [0.15, 0.2) is 4.79 Å². The van der Waals surface area contributed by atoms with Gasteiger partial charge < -0.3 is 24.5 Å². The molecule has 1 aliphatic rings. The second kappa shape index (κ2) is 10.8. The van der Waals surface area contributed by atoms with Crippen LogP contribution in [0, 0.1) is 11.8 Å². The number of carbonyl (C=O) groups excluding carboxylic acids is 4. The van der Waals surface area contributed by atoms with Crippen LogP contribution in [0.25, 0.3) is 0 Å². The van der Waals surface area contributed by atoms with Crippen molar-refractivity contribution in [2.75, 3.05) is 6.61 Å². The molecule has 4 atom stereocenters. The maximum atomic E-state index is 12.6. The number of carbonyl (C=O) groups is 4. The molecule has 0 radical (unpaired) electrons. The number of nitrogens with one attached hydrogen (secondary N) is 2. The summed E-state index contributed by atoms with van der Waals surface area (Å²) in [5, 5.41) is 1.65. The maximum absolute atomic E-state index is 12.6. The third kappa shape index (κ3) is 5.98. The highest BCUT2D eigenvalue weighted by molar-refractivity contribution is 6.40. The van der Waals surface area contributed by atoms with Crippen molar-refractivity contribution in [2.24, 2.45) is 11.8 Å². The Hall–Kier alpha value is -2.66. The Labute approximate surface area is 193 Å². The van der Waals surface area contributed by atoms with E-state index in [2.05, 4.69) is 15.3 Å². The molecular weight excluding hydrogens is 469 g/mol. The van der Waals surface area contributed by atoms with Gasteiger partial charge in [-0.25, -0.2) is 9.78 Å². The van der Waals surface area contributed by atoms with Crippen molar-refractivity contribution in [1.29, 1.82) is 0 Å². The first-order chi connectivity index (χ1) is 15.0. The first-order valence-corrected chi connectivity index (χ1v) is 10.6. The van der Waals surface area contributed by atoms with Crippen LogP contribution in [0.4, 0.5) is 0 Å². The minimum Gasteiger partial charge on any atom is -0.463 e. The SMILES string of the molecule is CC[C@H]1C(=O)OC[C@H](NC(=O)c2nc(Cl)c(Cl)[nH]c2=O)C(=O)O[C@@H](C)[C@@H]1OC(=O)C(C)C. The van der Waals surface area contributed by atoms with Crippen LogP contribution >= 0.6 is 23.2 Å². The Morgan fingerprint density at radius 2 is 1.91 bits per heavy atom. The second-order valence-corrected chi connectivity index (χ2v) is 8.12. The summed E-state index contributed by atoms with van der Waals surface area (Å²) in [5.74, 6) is -4.69. The van der Waals surface area contributed by atoms with Crippen molar-refractivity contribution in [3.8, 4) is 0 Å². The fourth-order valence-corrected chi connectivity index (χ4v) is 3.13. The molecule has 0 unspecified atom stereocenters. The lowest BCUT2D eigenvalue weighted by Gasteiger charge is -2.29. The molecule has 0 aromatic carbocycles. The van der Waals surface area contributed by atoms with Gasteiger partial charge in [0.2, 0.25) is 0 Å². The van der Waals surface area contributed by atoms with Crippen LogP contribution in [0.5, 0.6) is 0 Å². The average Bonchev–Trinajstić information content (AvgIpc) is 2.75. The van der Waals surface area contributed by atoms with Gasteiger partial charge in [0.05, 0.1) is 11.8 Å². The minimum atomic E-state index is -1.46. The van der Waals surface area contributed by atoms with E-state index in [0.717, 1.165) is 0 Å². The van der Waals surface area contributed by atoms with E-state index in [4.69, 9.17) is 37.4 Å². The summed E-state index contributed by atoms with van der Waals surface area (Å²) in [6, 6.07) is -1.46. The zero-order valence-corrected chi connectivity index (χ0v) is 19.3. The van der Waals surface area contributed by atoms with Gasteiger partial charge in [0.1, 0.15) is 17.9 Å². The number of cyclic esters (lactones) is 2. The lowest BCUT2D eigenvalue weighted by atomic mass is 9.95. The van der Waals surface area contributed by atoms with E-state index in [1.807, 2.05) is 0 Å². The summed E-state index contributed by atoms with van der Waals surface area (Å²) in [6.45, 7) is 5.82. The number of H-pyrrole nitrogens is 1. The molecule has 2 heterocycles. The number of nitrogens with zero attached hydrogens (tertiary/aromatic N) is 1. The third-order valence-electron chi connectivity index (χ3n) is 4.65. The van der Waals surface area contributed by atoms with E-state index >= 15 is 0 Å². The van der Waals surface area contributed by atoms with Crippen molar-refractivity contribution in [3.05, 3.63) is 26.4 Å². The highest BCUT2D eigenvalue weighted by Crippen LogP contribution is 2.23. The fourth-order valence-electron chi connectivity index (χ4n) is 2.87. The van der Waals surface area contributed by atoms with Crippen molar-refractivity contribution in [3.63, 3.8) is 0 Å². The maximum Gasteiger partial charge on any atom is 0.332 e. The Kier molecular flexibility index (Phi) is 8.62. The Morgan fingerprint density at radius 1 is 1.25 bits per heavy atom. The quantitative estimate of drug-likeness (QED) is 0.457. The van der Waals surface area contributed by atoms with Crippen molar-refractivity contribution < 1.29 is 33.4 Å².